The maximum atomic E-state index is 11.3. The molecule has 0 aromatic rings. The van der Waals surface area contributed by atoms with Crippen LogP contribution in [0.25, 0.3) is 0 Å². The minimum Gasteiger partial charge on any atom is -0.338 e. The zero-order valence-corrected chi connectivity index (χ0v) is 10.1. The van der Waals surface area contributed by atoms with Gasteiger partial charge in [0.1, 0.15) is 0 Å². The number of amides is 2. The summed E-state index contributed by atoms with van der Waals surface area (Å²) in [6.07, 6.45) is 4.17. The first-order valence-electron chi connectivity index (χ1n) is 5.61. The highest BCUT2D eigenvalue weighted by molar-refractivity contribution is 7.85. The van der Waals surface area contributed by atoms with Gasteiger partial charge < -0.3 is 10.6 Å². The van der Waals surface area contributed by atoms with Crippen molar-refractivity contribution < 1.29 is 9.00 Å². The monoisotopic (exact) mass is 232 g/mol. The molecule has 0 aromatic heterocycles. The van der Waals surface area contributed by atoms with E-state index >= 15 is 0 Å². The van der Waals surface area contributed by atoms with Gasteiger partial charge >= 0.3 is 6.03 Å². The first kappa shape index (κ1) is 12.5. The standard InChI is InChI=1S/C10H20N2O2S/c1-2-3-4-6-11-10(13)12-9-5-7-15(14)8-9/h9H,2-8H2,1H3,(H2,11,12,13)/t9-,15-/m0/s1. The molecule has 0 spiro atoms. The van der Waals surface area contributed by atoms with E-state index in [0.717, 1.165) is 38.0 Å². The summed E-state index contributed by atoms with van der Waals surface area (Å²) in [7, 11) is -0.721. The van der Waals surface area contributed by atoms with Crippen molar-refractivity contribution in [3.8, 4) is 0 Å². The summed E-state index contributed by atoms with van der Waals surface area (Å²) in [6, 6.07) is -0.00740. The summed E-state index contributed by atoms with van der Waals surface area (Å²) in [6.45, 7) is 2.86. The lowest BCUT2D eigenvalue weighted by molar-refractivity contribution is 0.238. The van der Waals surface area contributed by atoms with Crippen molar-refractivity contribution in [2.75, 3.05) is 18.1 Å². The van der Waals surface area contributed by atoms with Crippen LogP contribution >= 0.6 is 0 Å². The Morgan fingerprint density at radius 3 is 2.87 bits per heavy atom. The molecule has 2 N–H and O–H groups in total. The van der Waals surface area contributed by atoms with Crippen LogP contribution < -0.4 is 10.6 Å². The lowest BCUT2D eigenvalue weighted by Crippen LogP contribution is -2.42. The predicted octanol–water partition coefficient (Wildman–Crippen LogP) is 0.997. The fourth-order valence-corrected chi connectivity index (χ4v) is 3.00. The van der Waals surface area contributed by atoms with Gasteiger partial charge in [-0.25, -0.2) is 4.79 Å². The largest absolute Gasteiger partial charge is 0.338 e. The molecule has 1 fully saturated rings. The van der Waals surface area contributed by atoms with Gasteiger partial charge in [0, 0.05) is 34.9 Å². The summed E-state index contributed by atoms with van der Waals surface area (Å²) in [5, 5.41) is 5.65. The smallest absolute Gasteiger partial charge is 0.315 e. The van der Waals surface area contributed by atoms with Gasteiger partial charge in [-0.1, -0.05) is 19.8 Å². The van der Waals surface area contributed by atoms with Crippen LogP contribution in [0.1, 0.15) is 32.6 Å². The van der Waals surface area contributed by atoms with E-state index in [2.05, 4.69) is 17.6 Å². The molecule has 2 atom stereocenters. The molecule has 1 aliphatic heterocycles. The molecule has 4 nitrogen and oxygen atoms in total. The zero-order valence-electron chi connectivity index (χ0n) is 9.25. The second kappa shape index (κ2) is 6.82. The van der Waals surface area contributed by atoms with Crippen molar-refractivity contribution in [2.24, 2.45) is 0 Å². The molecule has 0 aromatic carbocycles. The van der Waals surface area contributed by atoms with Crippen molar-refractivity contribution in [3.63, 3.8) is 0 Å². The van der Waals surface area contributed by atoms with Gasteiger partial charge in [-0.2, -0.15) is 0 Å². The molecular formula is C10H20N2O2S. The van der Waals surface area contributed by atoms with Gasteiger partial charge in [-0.05, 0) is 12.8 Å². The predicted molar refractivity (Wildman–Crippen MR) is 62.3 cm³/mol. The van der Waals surface area contributed by atoms with Gasteiger partial charge in [0.2, 0.25) is 0 Å². The van der Waals surface area contributed by atoms with E-state index in [1.165, 1.54) is 0 Å². The van der Waals surface area contributed by atoms with Crippen molar-refractivity contribution in [1.82, 2.24) is 10.6 Å². The molecule has 5 heteroatoms. The molecule has 0 unspecified atom stereocenters. The number of nitrogens with one attached hydrogen (secondary N) is 2. The number of hydrogen-bond acceptors (Lipinski definition) is 2. The van der Waals surface area contributed by atoms with Crippen LogP contribution in [0.4, 0.5) is 4.79 Å². The maximum Gasteiger partial charge on any atom is 0.315 e. The van der Waals surface area contributed by atoms with Crippen molar-refractivity contribution in [3.05, 3.63) is 0 Å². The molecule has 0 aliphatic carbocycles. The first-order valence-corrected chi connectivity index (χ1v) is 7.10. The lowest BCUT2D eigenvalue weighted by atomic mass is 10.2. The van der Waals surface area contributed by atoms with Gasteiger partial charge in [0.15, 0.2) is 0 Å². The summed E-state index contributed by atoms with van der Waals surface area (Å²) >= 11 is 0. The van der Waals surface area contributed by atoms with E-state index in [1.54, 1.807) is 0 Å². The molecule has 0 radical (unpaired) electrons. The fourth-order valence-electron chi connectivity index (χ4n) is 1.59. The van der Waals surface area contributed by atoms with Crippen LogP contribution in [0, 0.1) is 0 Å². The molecular weight excluding hydrogens is 212 g/mol. The summed E-state index contributed by atoms with van der Waals surface area (Å²) in [5.41, 5.74) is 0. The number of carbonyl (C=O) groups excluding carboxylic acids is 1. The summed E-state index contributed by atoms with van der Waals surface area (Å²) < 4.78 is 11.1. The maximum absolute atomic E-state index is 11.3. The van der Waals surface area contributed by atoms with Crippen LogP contribution in [-0.4, -0.2) is 34.3 Å². The van der Waals surface area contributed by atoms with E-state index < -0.39 is 10.8 Å². The van der Waals surface area contributed by atoms with E-state index in [0.29, 0.717) is 5.75 Å². The Morgan fingerprint density at radius 1 is 1.47 bits per heavy atom. The van der Waals surface area contributed by atoms with Crippen molar-refractivity contribution in [2.45, 2.75) is 38.6 Å². The Hall–Kier alpha value is -0.580. The molecule has 0 bridgehead atoms. The fraction of sp³-hybridized carbons (Fsp3) is 0.900. The van der Waals surface area contributed by atoms with Crippen LogP contribution in [0.15, 0.2) is 0 Å². The van der Waals surface area contributed by atoms with Crippen LogP contribution in [0.2, 0.25) is 0 Å². The zero-order chi connectivity index (χ0) is 11.1. The quantitative estimate of drug-likeness (QED) is 0.695. The highest BCUT2D eigenvalue weighted by Gasteiger charge is 2.22. The highest BCUT2D eigenvalue weighted by atomic mass is 32.2. The highest BCUT2D eigenvalue weighted by Crippen LogP contribution is 2.06. The third-order valence-corrected chi connectivity index (χ3v) is 3.95. The molecule has 1 saturated heterocycles. The second-order valence-electron chi connectivity index (χ2n) is 3.90. The Bertz CT molecular complexity index is 233. The van der Waals surface area contributed by atoms with Gasteiger partial charge in [-0.3, -0.25) is 4.21 Å². The van der Waals surface area contributed by atoms with E-state index in [9.17, 15) is 9.00 Å². The Balaban J connectivity index is 2.05. The number of unbranched alkanes of at least 4 members (excludes halogenated alkanes) is 2. The van der Waals surface area contributed by atoms with Gasteiger partial charge in [0.25, 0.3) is 0 Å². The third kappa shape index (κ3) is 5.16. The molecule has 2 amide bonds. The Morgan fingerprint density at radius 2 is 2.27 bits per heavy atom. The van der Waals surface area contributed by atoms with Crippen molar-refractivity contribution in [1.29, 1.82) is 0 Å². The molecule has 1 rings (SSSR count). The van der Waals surface area contributed by atoms with E-state index in [1.807, 2.05) is 0 Å². The van der Waals surface area contributed by atoms with Crippen LogP contribution in [-0.2, 0) is 10.8 Å². The van der Waals surface area contributed by atoms with Gasteiger partial charge in [-0.15, -0.1) is 0 Å². The normalized spacial score (nSPS) is 25.1. The number of rotatable bonds is 5. The minimum atomic E-state index is -0.721. The SMILES string of the molecule is CCCCCNC(=O)N[C@H]1CC[S@](=O)C1. The topological polar surface area (TPSA) is 58.2 Å². The number of carbonyl (C=O) groups is 1. The molecule has 88 valence electrons. The molecule has 1 heterocycles. The molecule has 0 saturated carbocycles. The lowest BCUT2D eigenvalue weighted by Gasteiger charge is -2.11. The van der Waals surface area contributed by atoms with Gasteiger partial charge in [0.05, 0.1) is 0 Å². The van der Waals surface area contributed by atoms with Crippen LogP contribution in [0.3, 0.4) is 0 Å². The third-order valence-electron chi connectivity index (χ3n) is 2.48. The van der Waals surface area contributed by atoms with Crippen LogP contribution in [0.5, 0.6) is 0 Å². The Kier molecular flexibility index (Phi) is 5.68. The van der Waals surface area contributed by atoms with Crippen molar-refractivity contribution >= 4 is 16.8 Å². The first-order chi connectivity index (χ1) is 7.22. The number of hydrogen-bond donors (Lipinski definition) is 2. The van der Waals surface area contributed by atoms with E-state index in [4.69, 9.17) is 0 Å². The average Bonchev–Trinajstić information content (AvgIpc) is 2.59. The number of urea groups is 1. The Labute approximate surface area is 93.7 Å². The summed E-state index contributed by atoms with van der Waals surface area (Å²) in [4.78, 5) is 11.3. The van der Waals surface area contributed by atoms with E-state index in [-0.39, 0.29) is 12.1 Å². The average molecular weight is 232 g/mol. The second-order valence-corrected chi connectivity index (χ2v) is 5.52. The summed E-state index contributed by atoms with van der Waals surface area (Å²) in [5.74, 6) is 1.34. The minimum absolute atomic E-state index is 0.108. The molecule has 1 aliphatic rings. The molecule has 15 heavy (non-hydrogen) atoms.